The van der Waals surface area contributed by atoms with Crippen LogP contribution < -0.4 is 5.32 Å². The fourth-order valence-corrected chi connectivity index (χ4v) is 4.29. The fourth-order valence-electron chi connectivity index (χ4n) is 3.01. The third-order valence-corrected chi connectivity index (χ3v) is 5.31. The Balaban J connectivity index is 1.85. The van der Waals surface area contributed by atoms with E-state index in [2.05, 4.69) is 12.2 Å². The van der Waals surface area contributed by atoms with Crippen LogP contribution >= 0.6 is 11.3 Å². The lowest BCUT2D eigenvalue weighted by Crippen LogP contribution is -2.05. The maximum atomic E-state index is 4.83. The zero-order valence-corrected chi connectivity index (χ0v) is 12.1. The molecule has 0 radical (unpaired) electrons. The molecule has 2 aromatic rings. The molecule has 0 saturated heterocycles. The molecule has 0 aliphatic heterocycles. The molecule has 0 atom stereocenters. The Labute approximate surface area is 117 Å². The number of fused-ring (bicyclic) bond motifs is 3. The summed E-state index contributed by atoms with van der Waals surface area (Å²) >= 11 is 1.90. The van der Waals surface area contributed by atoms with Gasteiger partial charge in [0.1, 0.15) is 16.5 Å². The van der Waals surface area contributed by atoms with E-state index < -0.39 is 0 Å². The van der Waals surface area contributed by atoms with E-state index in [1.807, 2.05) is 11.3 Å². The number of aromatic nitrogens is 2. The largest absolute Gasteiger partial charge is 0.370 e. The van der Waals surface area contributed by atoms with Crippen molar-refractivity contribution >= 4 is 27.4 Å². The molecule has 0 aromatic carbocycles. The van der Waals surface area contributed by atoms with Gasteiger partial charge in [-0.3, -0.25) is 0 Å². The zero-order valence-electron chi connectivity index (χ0n) is 11.3. The third kappa shape index (κ3) is 2.02. The summed E-state index contributed by atoms with van der Waals surface area (Å²) in [5.41, 5.74) is 1.52. The van der Waals surface area contributed by atoms with Crippen molar-refractivity contribution in [2.75, 3.05) is 11.9 Å². The van der Waals surface area contributed by atoms with E-state index in [1.165, 1.54) is 47.9 Å². The van der Waals surface area contributed by atoms with Gasteiger partial charge in [-0.1, -0.05) is 0 Å². The first-order valence-corrected chi connectivity index (χ1v) is 8.22. The highest BCUT2D eigenvalue weighted by Crippen LogP contribution is 2.40. The van der Waals surface area contributed by atoms with Crippen LogP contribution in [0.15, 0.2) is 0 Å². The van der Waals surface area contributed by atoms with E-state index in [4.69, 9.17) is 9.97 Å². The number of nitrogens with one attached hydrogen (secondary N) is 1. The van der Waals surface area contributed by atoms with Gasteiger partial charge >= 0.3 is 0 Å². The second-order valence-electron chi connectivity index (χ2n) is 5.70. The van der Waals surface area contributed by atoms with Gasteiger partial charge in [0.2, 0.25) is 0 Å². The molecule has 2 heterocycles. The summed E-state index contributed by atoms with van der Waals surface area (Å²) < 4.78 is 0. The van der Waals surface area contributed by atoms with Gasteiger partial charge in [0.05, 0.1) is 5.39 Å². The van der Waals surface area contributed by atoms with Gasteiger partial charge in [-0.05, 0) is 50.5 Å². The fraction of sp³-hybridized carbons (Fsp3) is 0.600. The molecule has 2 aromatic heterocycles. The Kier molecular flexibility index (Phi) is 2.72. The molecule has 3 nitrogen and oxygen atoms in total. The number of hydrogen-bond donors (Lipinski definition) is 1. The average Bonchev–Trinajstić information content (AvgIpc) is 2.96. The summed E-state index contributed by atoms with van der Waals surface area (Å²) in [6.45, 7) is 3.07. The summed E-state index contributed by atoms with van der Waals surface area (Å²) in [5, 5.41) is 4.77. The number of aryl methyl sites for hydroxylation is 2. The van der Waals surface area contributed by atoms with E-state index in [0.29, 0.717) is 0 Å². The average molecular weight is 273 g/mol. The van der Waals surface area contributed by atoms with Crippen LogP contribution in [0, 0.1) is 5.92 Å². The minimum absolute atomic E-state index is 0.846. The number of anilines is 1. The van der Waals surface area contributed by atoms with Gasteiger partial charge in [0, 0.05) is 17.8 Å². The number of thiophene rings is 1. The van der Waals surface area contributed by atoms with Gasteiger partial charge < -0.3 is 5.32 Å². The van der Waals surface area contributed by atoms with Crippen LogP contribution in [0.25, 0.3) is 10.2 Å². The van der Waals surface area contributed by atoms with Crippen molar-refractivity contribution < 1.29 is 0 Å². The van der Waals surface area contributed by atoms with Crippen molar-refractivity contribution in [3.05, 3.63) is 16.3 Å². The summed E-state index contributed by atoms with van der Waals surface area (Å²) in [6, 6.07) is 0. The van der Waals surface area contributed by atoms with Gasteiger partial charge in [0.15, 0.2) is 0 Å². The third-order valence-electron chi connectivity index (χ3n) is 4.12. The van der Waals surface area contributed by atoms with Gasteiger partial charge in [0.25, 0.3) is 0 Å². The van der Waals surface area contributed by atoms with Crippen LogP contribution in [0.1, 0.15) is 42.5 Å². The first kappa shape index (κ1) is 11.6. The summed E-state index contributed by atoms with van der Waals surface area (Å²) in [6.07, 6.45) is 7.53. The predicted octanol–water partition coefficient (Wildman–Crippen LogP) is 3.56. The van der Waals surface area contributed by atoms with Gasteiger partial charge in [-0.2, -0.15) is 0 Å². The number of hydrogen-bond acceptors (Lipinski definition) is 4. The Hall–Kier alpha value is -1.16. The van der Waals surface area contributed by atoms with Crippen LogP contribution in [0.4, 0.5) is 5.82 Å². The zero-order chi connectivity index (χ0) is 12.8. The van der Waals surface area contributed by atoms with Crippen LogP contribution in [0.2, 0.25) is 0 Å². The molecule has 1 saturated carbocycles. The van der Waals surface area contributed by atoms with E-state index in [9.17, 15) is 0 Å². The molecule has 0 spiro atoms. The van der Waals surface area contributed by atoms with E-state index in [-0.39, 0.29) is 0 Å². The van der Waals surface area contributed by atoms with Crippen molar-refractivity contribution in [1.29, 1.82) is 0 Å². The summed E-state index contributed by atoms with van der Waals surface area (Å²) in [5.74, 6) is 2.98. The molecule has 1 fully saturated rings. The molecule has 4 heteroatoms. The Morgan fingerprint density at radius 2 is 2.16 bits per heavy atom. The first-order chi connectivity index (χ1) is 9.35. The van der Waals surface area contributed by atoms with Crippen LogP contribution in [-0.2, 0) is 19.3 Å². The van der Waals surface area contributed by atoms with E-state index >= 15 is 0 Å². The van der Waals surface area contributed by atoms with Crippen molar-refractivity contribution in [2.45, 2.75) is 45.4 Å². The molecule has 1 N–H and O–H groups in total. The molecule has 19 heavy (non-hydrogen) atoms. The van der Waals surface area contributed by atoms with Crippen molar-refractivity contribution in [3.63, 3.8) is 0 Å². The standard InChI is InChI=1S/C15H19N3S/c1-2-16-14-13-10-4-3-5-11(10)19-15(13)18-12(17-14)8-9-6-7-9/h9H,2-8H2,1H3,(H,16,17,18). The Bertz CT molecular complexity index is 628. The first-order valence-electron chi connectivity index (χ1n) is 7.40. The lowest BCUT2D eigenvalue weighted by molar-refractivity contribution is 0.777. The van der Waals surface area contributed by atoms with Crippen molar-refractivity contribution in [1.82, 2.24) is 9.97 Å². The lowest BCUT2D eigenvalue weighted by atomic mass is 10.2. The van der Waals surface area contributed by atoms with Crippen LogP contribution in [0.5, 0.6) is 0 Å². The number of nitrogens with zero attached hydrogens (tertiary/aromatic N) is 2. The van der Waals surface area contributed by atoms with Gasteiger partial charge in [-0.15, -0.1) is 11.3 Å². The van der Waals surface area contributed by atoms with E-state index in [0.717, 1.165) is 30.5 Å². The van der Waals surface area contributed by atoms with Crippen molar-refractivity contribution in [2.24, 2.45) is 5.92 Å². The monoisotopic (exact) mass is 273 g/mol. The SMILES string of the molecule is CCNc1nc(CC2CC2)nc2sc3c(c12)CCC3. The maximum Gasteiger partial charge on any atom is 0.138 e. The lowest BCUT2D eigenvalue weighted by Gasteiger charge is -2.08. The van der Waals surface area contributed by atoms with Crippen LogP contribution in [0.3, 0.4) is 0 Å². The molecule has 100 valence electrons. The van der Waals surface area contributed by atoms with Crippen LogP contribution in [-0.4, -0.2) is 16.5 Å². The predicted molar refractivity (Wildman–Crippen MR) is 80.0 cm³/mol. The Morgan fingerprint density at radius 3 is 2.95 bits per heavy atom. The molecule has 0 amide bonds. The topological polar surface area (TPSA) is 37.8 Å². The van der Waals surface area contributed by atoms with E-state index in [1.54, 1.807) is 4.88 Å². The molecule has 2 aliphatic rings. The second kappa shape index (κ2) is 4.44. The quantitative estimate of drug-likeness (QED) is 0.925. The van der Waals surface area contributed by atoms with Gasteiger partial charge in [-0.25, -0.2) is 9.97 Å². The second-order valence-corrected chi connectivity index (χ2v) is 6.79. The maximum absolute atomic E-state index is 4.83. The summed E-state index contributed by atoms with van der Waals surface area (Å²) in [7, 11) is 0. The minimum atomic E-state index is 0.846. The molecule has 0 bridgehead atoms. The highest BCUT2D eigenvalue weighted by atomic mass is 32.1. The number of rotatable bonds is 4. The highest BCUT2D eigenvalue weighted by Gasteiger charge is 2.26. The highest BCUT2D eigenvalue weighted by molar-refractivity contribution is 7.19. The molecule has 0 unspecified atom stereocenters. The molecule has 2 aliphatic carbocycles. The smallest absolute Gasteiger partial charge is 0.138 e. The molecular weight excluding hydrogens is 254 g/mol. The Morgan fingerprint density at radius 1 is 1.26 bits per heavy atom. The summed E-state index contributed by atoms with van der Waals surface area (Å²) in [4.78, 5) is 12.4. The molecular formula is C15H19N3S. The normalized spacial score (nSPS) is 17.9. The minimum Gasteiger partial charge on any atom is -0.370 e. The van der Waals surface area contributed by atoms with Crippen molar-refractivity contribution in [3.8, 4) is 0 Å². The molecule has 4 rings (SSSR count).